The SMILES string of the molecule is C=C(C)CC(=O)Nc1c(C)cc2c(c1C)CCN2Cc1ccncc1. The van der Waals surface area contributed by atoms with Crippen LogP contribution in [0, 0.1) is 13.8 Å². The monoisotopic (exact) mass is 335 g/mol. The van der Waals surface area contributed by atoms with Crippen molar-refractivity contribution in [3.05, 3.63) is 65.0 Å². The van der Waals surface area contributed by atoms with Gasteiger partial charge in [-0.15, -0.1) is 0 Å². The first kappa shape index (κ1) is 17.2. The van der Waals surface area contributed by atoms with Gasteiger partial charge in [-0.2, -0.15) is 0 Å². The Bertz CT molecular complexity index is 812. The molecule has 1 N–H and O–H groups in total. The summed E-state index contributed by atoms with van der Waals surface area (Å²) in [5.74, 6) is 0.00490. The Labute approximate surface area is 149 Å². The quantitative estimate of drug-likeness (QED) is 0.834. The molecule has 0 saturated carbocycles. The molecule has 0 saturated heterocycles. The molecule has 2 heterocycles. The number of anilines is 2. The number of nitrogens with zero attached hydrogens (tertiary/aromatic N) is 2. The Morgan fingerprint density at radius 2 is 2.04 bits per heavy atom. The lowest BCUT2D eigenvalue weighted by molar-refractivity contribution is -0.115. The minimum absolute atomic E-state index is 0.00490. The molecule has 1 aromatic heterocycles. The van der Waals surface area contributed by atoms with Crippen LogP contribution in [-0.2, 0) is 17.8 Å². The molecule has 2 aromatic rings. The van der Waals surface area contributed by atoms with Crippen LogP contribution in [0.3, 0.4) is 0 Å². The molecule has 1 aromatic carbocycles. The third-order valence-corrected chi connectivity index (χ3v) is 4.71. The zero-order chi connectivity index (χ0) is 18.0. The van der Waals surface area contributed by atoms with Gasteiger partial charge >= 0.3 is 0 Å². The fraction of sp³-hybridized carbons (Fsp3) is 0.333. The highest BCUT2D eigenvalue weighted by molar-refractivity contribution is 5.94. The number of carbonyl (C=O) groups is 1. The van der Waals surface area contributed by atoms with Crippen molar-refractivity contribution in [3.8, 4) is 0 Å². The lowest BCUT2D eigenvalue weighted by Gasteiger charge is -2.22. The summed E-state index contributed by atoms with van der Waals surface area (Å²) in [5, 5.41) is 3.08. The zero-order valence-corrected chi connectivity index (χ0v) is 15.2. The maximum Gasteiger partial charge on any atom is 0.228 e. The van der Waals surface area contributed by atoms with Gasteiger partial charge in [0.1, 0.15) is 0 Å². The predicted octanol–water partition coefficient (Wildman–Crippen LogP) is 4.17. The van der Waals surface area contributed by atoms with Crippen molar-refractivity contribution in [2.75, 3.05) is 16.8 Å². The van der Waals surface area contributed by atoms with E-state index in [9.17, 15) is 4.79 Å². The average molecular weight is 335 g/mol. The number of nitrogens with one attached hydrogen (secondary N) is 1. The number of amides is 1. The van der Waals surface area contributed by atoms with E-state index >= 15 is 0 Å². The second kappa shape index (κ2) is 7.09. The number of benzene rings is 1. The van der Waals surface area contributed by atoms with Gasteiger partial charge in [0, 0.05) is 43.3 Å². The van der Waals surface area contributed by atoms with Crippen LogP contribution in [0.5, 0.6) is 0 Å². The standard InChI is InChI=1S/C21H25N3O/c1-14(2)11-20(25)23-21-15(3)12-19-18(16(21)4)7-10-24(19)13-17-5-8-22-9-6-17/h5-6,8-9,12H,1,7,10-11,13H2,2-4H3,(H,23,25). The van der Waals surface area contributed by atoms with Gasteiger partial charge in [-0.25, -0.2) is 0 Å². The van der Waals surface area contributed by atoms with Gasteiger partial charge in [-0.05, 0) is 67.6 Å². The summed E-state index contributed by atoms with van der Waals surface area (Å²) in [6.07, 6.45) is 5.05. The number of fused-ring (bicyclic) bond motifs is 1. The Hall–Kier alpha value is -2.62. The zero-order valence-electron chi connectivity index (χ0n) is 15.2. The third kappa shape index (κ3) is 3.73. The fourth-order valence-electron chi connectivity index (χ4n) is 3.49. The third-order valence-electron chi connectivity index (χ3n) is 4.71. The van der Waals surface area contributed by atoms with Gasteiger partial charge in [0.25, 0.3) is 0 Å². The van der Waals surface area contributed by atoms with Crippen molar-refractivity contribution < 1.29 is 4.79 Å². The van der Waals surface area contributed by atoms with E-state index in [4.69, 9.17) is 0 Å². The molecule has 1 amide bonds. The molecule has 1 aliphatic rings. The summed E-state index contributed by atoms with van der Waals surface area (Å²) in [6.45, 7) is 11.7. The van der Waals surface area contributed by atoms with Crippen molar-refractivity contribution in [2.24, 2.45) is 0 Å². The molecule has 0 fully saturated rings. The first-order valence-electron chi connectivity index (χ1n) is 8.67. The highest BCUT2D eigenvalue weighted by Crippen LogP contribution is 2.37. The summed E-state index contributed by atoms with van der Waals surface area (Å²) in [7, 11) is 0. The summed E-state index contributed by atoms with van der Waals surface area (Å²) in [4.78, 5) is 18.6. The van der Waals surface area contributed by atoms with Crippen LogP contribution in [0.15, 0.2) is 42.7 Å². The lowest BCUT2D eigenvalue weighted by Crippen LogP contribution is -2.20. The number of hydrogen-bond donors (Lipinski definition) is 1. The van der Waals surface area contributed by atoms with Gasteiger partial charge in [-0.3, -0.25) is 9.78 Å². The van der Waals surface area contributed by atoms with E-state index < -0.39 is 0 Å². The molecular weight excluding hydrogens is 310 g/mol. The smallest absolute Gasteiger partial charge is 0.228 e. The molecular formula is C21H25N3O. The molecule has 1 aliphatic heterocycles. The minimum Gasteiger partial charge on any atom is -0.367 e. The first-order valence-corrected chi connectivity index (χ1v) is 8.67. The van der Waals surface area contributed by atoms with E-state index in [-0.39, 0.29) is 5.91 Å². The van der Waals surface area contributed by atoms with E-state index in [1.54, 1.807) is 0 Å². The van der Waals surface area contributed by atoms with Crippen LogP contribution in [0.1, 0.15) is 35.6 Å². The van der Waals surface area contributed by atoms with Crippen LogP contribution in [0.25, 0.3) is 0 Å². The highest BCUT2D eigenvalue weighted by atomic mass is 16.1. The summed E-state index contributed by atoms with van der Waals surface area (Å²) >= 11 is 0. The van der Waals surface area contributed by atoms with Crippen molar-refractivity contribution in [3.63, 3.8) is 0 Å². The Balaban J connectivity index is 1.85. The molecule has 0 aliphatic carbocycles. The van der Waals surface area contributed by atoms with Gasteiger partial charge < -0.3 is 10.2 Å². The van der Waals surface area contributed by atoms with Crippen LogP contribution in [0.4, 0.5) is 11.4 Å². The van der Waals surface area contributed by atoms with E-state index in [0.717, 1.165) is 36.3 Å². The van der Waals surface area contributed by atoms with Gasteiger partial charge in [-0.1, -0.05) is 12.2 Å². The number of aromatic nitrogens is 1. The number of hydrogen-bond acceptors (Lipinski definition) is 3. The number of rotatable bonds is 5. The highest BCUT2D eigenvalue weighted by Gasteiger charge is 2.24. The molecule has 4 heteroatoms. The molecule has 3 rings (SSSR count). The van der Waals surface area contributed by atoms with Crippen molar-refractivity contribution in [2.45, 2.75) is 40.2 Å². The Kier molecular flexibility index (Phi) is 4.88. The number of pyridine rings is 1. The van der Waals surface area contributed by atoms with E-state index in [1.807, 2.05) is 19.3 Å². The molecule has 25 heavy (non-hydrogen) atoms. The molecule has 4 nitrogen and oxygen atoms in total. The maximum atomic E-state index is 12.1. The fourth-order valence-corrected chi connectivity index (χ4v) is 3.49. The van der Waals surface area contributed by atoms with Crippen LogP contribution in [-0.4, -0.2) is 17.4 Å². The van der Waals surface area contributed by atoms with Crippen molar-refractivity contribution >= 4 is 17.3 Å². The Morgan fingerprint density at radius 1 is 1.32 bits per heavy atom. The van der Waals surface area contributed by atoms with E-state index in [1.165, 1.54) is 22.4 Å². The minimum atomic E-state index is 0.00490. The summed E-state index contributed by atoms with van der Waals surface area (Å²) < 4.78 is 0. The Morgan fingerprint density at radius 3 is 2.72 bits per heavy atom. The molecule has 0 unspecified atom stereocenters. The molecule has 0 atom stereocenters. The van der Waals surface area contributed by atoms with Gasteiger partial charge in [0.05, 0.1) is 0 Å². The molecule has 0 bridgehead atoms. The van der Waals surface area contributed by atoms with Gasteiger partial charge in [0.2, 0.25) is 5.91 Å². The van der Waals surface area contributed by atoms with E-state index in [0.29, 0.717) is 6.42 Å². The maximum absolute atomic E-state index is 12.1. The largest absolute Gasteiger partial charge is 0.367 e. The lowest BCUT2D eigenvalue weighted by atomic mass is 9.99. The summed E-state index contributed by atoms with van der Waals surface area (Å²) in [5.41, 5.74) is 8.00. The van der Waals surface area contributed by atoms with Crippen LogP contribution < -0.4 is 10.2 Å². The van der Waals surface area contributed by atoms with Crippen molar-refractivity contribution in [1.29, 1.82) is 0 Å². The van der Waals surface area contributed by atoms with Crippen molar-refractivity contribution in [1.82, 2.24) is 4.98 Å². The summed E-state index contributed by atoms with van der Waals surface area (Å²) in [6, 6.07) is 6.32. The topological polar surface area (TPSA) is 45.2 Å². The normalized spacial score (nSPS) is 12.8. The average Bonchev–Trinajstić information content (AvgIpc) is 2.94. The number of aryl methyl sites for hydroxylation is 1. The van der Waals surface area contributed by atoms with Gasteiger partial charge in [0.15, 0.2) is 0 Å². The van der Waals surface area contributed by atoms with Crippen LogP contribution in [0.2, 0.25) is 0 Å². The molecule has 130 valence electrons. The second-order valence-electron chi connectivity index (χ2n) is 6.90. The molecule has 0 spiro atoms. The second-order valence-corrected chi connectivity index (χ2v) is 6.90. The first-order chi connectivity index (χ1) is 12.0. The van der Waals surface area contributed by atoms with Crippen LogP contribution >= 0.6 is 0 Å². The molecule has 0 radical (unpaired) electrons. The predicted molar refractivity (Wildman–Crippen MR) is 103 cm³/mol. The number of carbonyl (C=O) groups excluding carboxylic acids is 1. The van der Waals surface area contributed by atoms with E-state index in [2.05, 4.69) is 53.8 Å².